The lowest BCUT2D eigenvalue weighted by Gasteiger charge is -2.32. The number of allylic oxidation sites excluding steroid dienone is 7. The summed E-state index contributed by atoms with van der Waals surface area (Å²) in [4.78, 5) is 0. The smallest absolute Gasteiger partial charge is 0.0695 e. The molecule has 1 unspecified atom stereocenters. The molecule has 1 N–H and O–H groups in total. The minimum absolute atomic E-state index is 0.300. The molecule has 1 nitrogen and oxygen atoms in total. The normalized spacial score (nSPS) is 22.5. The molecule has 0 bridgehead atoms. The van der Waals surface area contributed by atoms with Crippen molar-refractivity contribution in [3.8, 4) is 0 Å². The topological polar surface area (TPSA) is 20.2 Å². The molecule has 0 aromatic heterocycles. The van der Waals surface area contributed by atoms with E-state index in [0.717, 1.165) is 0 Å². The first-order valence-corrected chi connectivity index (χ1v) is 7.24. The largest absolute Gasteiger partial charge is 0.389 e. The van der Waals surface area contributed by atoms with Gasteiger partial charge in [0, 0.05) is 0 Å². The zero-order chi connectivity index (χ0) is 14.5. The average molecular weight is 260 g/mol. The molecule has 0 amide bonds. The lowest BCUT2D eigenvalue weighted by Crippen LogP contribution is -2.19. The quantitative estimate of drug-likeness (QED) is 0.709. The zero-order valence-corrected chi connectivity index (χ0v) is 13.0. The van der Waals surface area contributed by atoms with Gasteiger partial charge in [0.05, 0.1) is 6.10 Å². The van der Waals surface area contributed by atoms with Crippen LogP contribution in [0.15, 0.2) is 47.1 Å². The SMILES string of the molecule is CC1=C(/C=C/C(C)=C/C=C/C(C)O)C(C)(C)CCC1. The zero-order valence-electron chi connectivity index (χ0n) is 13.0. The third-order valence-electron chi connectivity index (χ3n) is 3.80. The molecule has 0 spiro atoms. The molecule has 0 heterocycles. The molecule has 0 aromatic rings. The van der Waals surface area contributed by atoms with Crippen LogP contribution in [0.3, 0.4) is 0 Å². The van der Waals surface area contributed by atoms with E-state index in [0.29, 0.717) is 5.41 Å². The molecule has 1 rings (SSSR count). The van der Waals surface area contributed by atoms with E-state index in [1.807, 2.05) is 12.2 Å². The Morgan fingerprint density at radius 3 is 2.63 bits per heavy atom. The van der Waals surface area contributed by atoms with Crippen LogP contribution in [-0.4, -0.2) is 11.2 Å². The maximum Gasteiger partial charge on any atom is 0.0695 e. The molecule has 0 fully saturated rings. The standard InChI is InChI=1S/C18H28O/c1-14(8-6-10-16(3)19)11-12-17-15(2)9-7-13-18(17,4)5/h6,8,10-12,16,19H,7,9,13H2,1-5H3/b10-6+,12-11+,14-8+. The molecule has 0 saturated heterocycles. The second-order valence-corrected chi connectivity index (χ2v) is 6.30. The first kappa shape index (κ1) is 16.0. The van der Waals surface area contributed by atoms with E-state index in [-0.39, 0.29) is 6.10 Å². The number of hydrogen-bond acceptors (Lipinski definition) is 1. The Balaban J connectivity index is 2.80. The Kier molecular flexibility index (Phi) is 5.81. The summed E-state index contributed by atoms with van der Waals surface area (Å²) in [6, 6.07) is 0. The van der Waals surface area contributed by atoms with E-state index in [1.165, 1.54) is 36.0 Å². The predicted octanol–water partition coefficient (Wildman–Crippen LogP) is 4.95. The Labute approximate surface area is 118 Å². The highest BCUT2D eigenvalue weighted by Crippen LogP contribution is 2.40. The fraction of sp³-hybridized carbons (Fsp3) is 0.556. The van der Waals surface area contributed by atoms with Gasteiger partial charge in [0.2, 0.25) is 0 Å². The van der Waals surface area contributed by atoms with Crippen LogP contribution in [-0.2, 0) is 0 Å². The Morgan fingerprint density at radius 2 is 2.05 bits per heavy atom. The summed E-state index contributed by atoms with van der Waals surface area (Å²) in [6.45, 7) is 10.8. The first-order chi connectivity index (χ1) is 8.83. The first-order valence-electron chi connectivity index (χ1n) is 7.24. The average Bonchev–Trinajstić information content (AvgIpc) is 2.26. The lowest BCUT2D eigenvalue weighted by atomic mass is 9.72. The fourth-order valence-corrected chi connectivity index (χ4v) is 2.65. The monoisotopic (exact) mass is 260 g/mol. The summed E-state index contributed by atoms with van der Waals surface area (Å²) in [5, 5.41) is 9.16. The molecular formula is C18H28O. The number of aliphatic hydroxyl groups excluding tert-OH is 1. The van der Waals surface area contributed by atoms with Crippen LogP contribution in [0.25, 0.3) is 0 Å². The summed E-state index contributed by atoms with van der Waals surface area (Å²) >= 11 is 0. The molecule has 1 aliphatic carbocycles. The molecule has 106 valence electrons. The van der Waals surface area contributed by atoms with Crippen molar-refractivity contribution in [2.45, 2.75) is 60.0 Å². The summed E-state index contributed by atoms with van der Waals surface area (Å²) in [5.41, 5.74) is 4.53. The number of rotatable bonds is 4. The molecular weight excluding hydrogens is 232 g/mol. The lowest BCUT2D eigenvalue weighted by molar-refractivity contribution is 0.244. The predicted molar refractivity (Wildman–Crippen MR) is 84.0 cm³/mol. The van der Waals surface area contributed by atoms with Crippen molar-refractivity contribution < 1.29 is 5.11 Å². The van der Waals surface area contributed by atoms with E-state index >= 15 is 0 Å². The highest BCUT2D eigenvalue weighted by molar-refractivity contribution is 5.36. The summed E-state index contributed by atoms with van der Waals surface area (Å²) in [5.74, 6) is 0. The van der Waals surface area contributed by atoms with Crippen LogP contribution in [0.4, 0.5) is 0 Å². The second-order valence-electron chi connectivity index (χ2n) is 6.30. The molecule has 1 atom stereocenters. The molecule has 0 saturated carbocycles. The molecule has 1 heteroatoms. The van der Waals surface area contributed by atoms with E-state index in [9.17, 15) is 0 Å². The van der Waals surface area contributed by atoms with Gasteiger partial charge < -0.3 is 5.11 Å². The van der Waals surface area contributed by atoms with Crippen molar-refractivity contribution >= 4 is 0 Å². The van der Waals surface area contributed by atoms with Crippen molar-refractivity contribution in [1.82, 2.24) is 0 Å². The highest BCUT2D eigenvalue weighted by Gasteiger charge is 2.26. The second kappa shape index (κ2) is 6.91. The number of aliphatic hydroxyl groups is 1. The van der Waals surface area contributed by atoms with Crippen molar-refractivity contribution in [1.29, 1.82) is 0 Å². The Morgan fingerprint density at radius 1 is 1.37 bits per heavy atom. The maximum atomic E-state index is 9.16. The molecule has 0 radical (unpaired) electrons. The van der Waals surface area contributed by atoms with Gasteiger partial charge in [0.1, 0.15) is 0 Å². The van der Waals surface area contributed by atoms with Crippen LogP contribution in [0.1, 0.15) is 53.9 Å². The van der Waals surface area contributed by atoms with E-state index in [2.05, 4.69) is 39.8 Å². The van der Waals surface area contributed by atoms with Gasteiger partial charge in [0.15, 0.2) is 0 Å². The molecule has 0 aliphatic heterocycles. The van der Waals surface area contributed by atoms with Crippen molar-refractivity contribution in [3.63, 3.8) is 0 Å². The highest BCUT2D eigenvalue weighted by atomic mass is 16.3. The van der Waals surface area contributed by atoms with Crippen molar-refractivity contribution in [3.05, 3.63) is 47.1 Å². The van der Waals surface area contributed by atoms with Gasteiger partial charge in [-0.3, -0.25) is 0 Å². The molecule has 1 aliphatic rings. The summed E-state index contributed by atoms with van der Waals surface area (Å²) < 4.78 is 0. The van der Waals surface area contributed by atoms with Crippen LogP contribution >= 0.6 is 0 Å². The van der Waals surface area contributed by atoms with Gasteiger partial charge in [-0.25, -0.2) is 0 Å². The third kappa shape index (κ3) is 5.20. The maximum absolute atomic E-state index is 9.16. The van der Waals surface area contributed by atoms with E-state index in [1.54, 1.807) is 13.0 Å². The minimum Gasteiger partial charge on any atom is -0.389 e. The fourth-order valence-electron chi connectivity index (χ4n) is 2.65. The van der Waals surface area contributed by atoms with Gasteiger partial charge in [-0.1, -0.05) is 55.4 Å². The summed E-state index contributed by atoms with van der Waals surface area (Å²) in [6.07, 6.45) is 13.6. The molecule has 0 aromatic carbocycles. The Bertz CT molecular complexity index is 417. The third-order valence-corrected chi connectivity index (χ3v) is 3.80. The van der Waals surface area contributed by atoms with E-state index < -0.39 is 0 Å². The van der Waals surface area contributed by atoms with E-state index in [4.69, 9.17) is 5.11 Å². The van der Waals surface area contributed by atoms with Gasteiger partial charge in [-0.2, -0.15) is 0 Å². The van der Waals surface area contributed by atoms with Crippen LogP contribution in [0, 0.1) is 5.41 Å². The van der Waals surface area contributed by atoms with Crippen LogP contribution in [0.2, 0.25) is 0 Å². The number of hydrogen-bond donors (Lipinski definition) is 1. The van der Waals surface area contributed by atoms with Crippen molar-refractivity contribution in [2.24, 2.45) is 5.41 Å². The van der Waals surface area contributed by atoms with Crippen LogP contribution in [0.5, 0.6) is 0 Å². The molecule has 19 heavy (non-hydrogen) atoms. The van der Waals surface area contributed by atoms with Crippen LogP contribution < -0.4 is 0 Å². The van der Waals surface area contributed by atoms with Crippen molar-refractivity contribution in [2.75, 3.05) is 0 Å². The van der Waals surface area contributed by atoms with Gasteiger partial charge in [0.25, 0.3) is 0 Å². The van der Waals surface area contributed by atoms with Gasteiger partial charge >= 0.3 is 0 Å². The minimum atomic E-state index is -0.379. The Hall–Kier alpha value is -1.08. The summed E-state index contributed by atoms with van der Waals surface area (Å²) in [7, 11) is 0. The van der Waals surface area contributed by atoms with Gasteiger partial charge in [-0.05, 0) is 51.0 Å². The van der Waals surface area contributed by atoms with Gasteiger partial charge in [-0.15, -0.1) is 0 Å².